The van der Waals surface area contributed by atoms with Crippen molar-refractivity contribution in [1.82, 2.24) is 15.5 Å². The normalized spacial score (nSPS) is 15.6. The third kappa shape index (κ3) is 6.73. The number of aryl methyl sites for hydroxylation is 1. The second-order valence-corrected chi connectivity index (χ2v) is 10.0. The number of hydrogen-bond acceptors (Lipinski definition) is 5. The van der Waals surface area contributed by atoms with Crippen molar-refractivity contribution in [1.29, 1.82) is 5.41 Å². The number of nitrogens with zero attached hydrogens (tertiary/aromatic N) is 1. The molecule has 1 saturated heterocycles. The molecule has 4 rings (SSSR count). The van der Waals surface area contributed by atoms with Crippen LogP contribution in [0.2, 0.25) is 0 Å². The molecule has 0 aromatic heterocycles. The van der Waals surface area contributed by atoms with Crippen LogP contribution in [0.15, 0.2) is 78.9 Å². The van der Waals surface area contributed by atoms with E-state index in [0.29, 0.717) is 24.9 Å². The third-order valence-corrected chi connectivity index (χ3v) is 7.28. The maximum atomic E-state index is 14.1. The Balaban J connectivity index is 1.57. The lowest BCUT2D eigenvalue weighted by Crippen LogP contribution is -2.55. The van der Waals surface area contributed by atoms with Gasteiger partial charge in [-0.05, 0) is 42.0 Å². The predicted molar refractivity (Wildman–Crippen MR) is 153 cm³/mol. The Morgan fingerprint density at radius 3 is 2.20 bits per heavy atom. The van der Waals surface area contributed by atoms with Gasteiger partial charge in [0.05, 0.1) is 12.6 Å². The van der Waals surface area contributed by atoms with Crippen LogP contribution in [0.5, 0.6) is 0 Å². The van der Waals surface area contributed by atoms with Crippen molar-refractivity contribution in [3.63, 3.8) is 0 Å². The quantitative estimate of drug-likeness (QED) is 0.186. The second kappa shape index (κ2) is 13.0. The molecule has 0 radical (unpaired) electrons. The van der Waals surface area contributed by atoms with Gasteiger partial charge in [-0.3, -0.25) is 25.1 Å². The number of carbonyl (C=O) groups is 3. The van der Waals surface area contributed by atoms with Crippen LogP contribution in [-0.2, 0) is 20.9 Å². The van der Waals surface area contributed by atoms with E-state index in [-0.39, 0.29) is 24.2 Å². The third-order valence-electron chi connectivity index (χ3n) is 7.28. The molecule has 1 heterocycles. The lowest BCUT2D eigenvalue weighted by molar-refractivity contribution is -0.141. The van der Waals surface area contributed by atoms with Crippen molar-refractivity contribution in [3.8, 4) is 0 Å². The Hall–Kier alpha value is -4.50. The highest BCUT2D eigenvalue weighted by molar-refractivity contribution is 5.96. The summed E-state index contributed by atoms with van der Waals surface area (Å²) in [4.78, 5) is 40.6. The van der Waals surface area contributed by atoms with E-state index in [1.807, 2.05) is 79.7 Å². The van der Waals surface area contributed by atoms with Gasteiger partial charge in [0.1, 0.15) is 11.9 Å². The molecule has 40 heavy (non-hydrogen) atoms. The molecule has 0 aliphatic carbocycles. The van der Waals surface area contributed by atoms with Crippen LogP contribution in [0.4, 0.5) is 0 Å². The number of carboxylic acids is 1. The Labute approximate surface area is 233 Å². The molecule has 1 aliphatic heterocycles. The van der Waals surface area contributed by atoms with E-state index in [4.69, 9.17) is 11.1 Å². The molecule has 0 spiro atoms. The van der Waals surface area contributed by atoms with Crippen LogP contribution in [0.1, 0.15) is 46.6 Å². The van der Waals surface area contributed by atoms with Gasteiger partial charge in [0.25, 0.3) is 0 Å². The zero-order chi connectivity index (χ0) is 28.6. The van der Waals surface area contributed by atoms with Crippen molar-refractivity contribution >= 4 is 23.6 Å². The van der Waals surface area contributed by atoms with E-state index >= 15 is 0 Å². The maximum absolute atomic E-state index is 14.1. The van der Waals surface area contributed by atoms with Gasteiger partial charge in [-0.25, -0.2) is 0 Å². The lowest BCUT2D eigenvalue weighted by atomic mass is 9.84. The van der Waals surface area contributed by atoms with Crippen LogP contribution in [-0.4, -0.2) is 58.8 Å². The summed E-state index contributed by atoms with van der Waals surface area (Å²) in [5, 5.41) is 23.0. The van der Waals surface area contributed by atoms with Crippen LogP contribution in [0.3, 0.4) is 0 Å². The first kappa shape index (κ1) is 28.5. The summed E-state index contributed by atoms with van der Waals surface area (Å²) in [6.07, 6.45) is 1.19. The average molecular weight is 542 g/mol. The number of benzene rings is 3. The zero-order valence-electron chi connectivity index (χ0n) is 22.5. The number of rotatable bonds is 11. The van der Waals surface area contributed by atoms with Crippen molar-refractivity contribution in [2.75, 3.05) is 13.1 Å². The molecule has 1 unspecified atom stereocenters. The molecule has 0 saturated carbocycles. The molecule has 1 aliphatic rings. The van der Waals surface area contributed by atoms with Gasteiger partial charge in [-0.2, -0.15) is 0 Å². The lowest BCUT2D eigenvalue weighted by Gasteiger charge is -2.33. The first-order valence-corrected chi connectivity index (χ1v) is 13.3. The Morgan fingerprint density at radius 2 is 1.65 bits per heavy atom. The summed E-state index contributed by atoms with van der Waals surface area (Å²) in [5.41, 5.74) is 9.70. The predicted octanol–water partition coefficient (Wildman–Crippen LogP) is 2.76. The van der Waals surface area contributed by atoms with Gasteiger partial charge in [0.2, 0.25) is 11.8 Å². The van der Waals surface area contributed by atoms with Crippen LogP contribution < -0.4 is 16.4 Å². The number of nitrogen functional groups attached to an aromatic ring is 1. The molecule has 6 N–H and O–H groups in total. The minimum atomic E-state index is -1.07. The smallest absolute Gasteiger partial charge is 0.317 e. The van der Waals surface area contributed by atoms with E-state index in [9.17, 15) is 19.5 Å². The Morgan fingerprint density at radius 1 is 1.02 bits per heavy atom. The SMILES string of the molecule is Cc1cc(CNC(=O)[C@@H]2CCCN2C(=O)C(NCC(=O)O)C(c2ccccc2)c2ccccc2)ccc1C(=N)N. The highest BCUT2D eigenvalue weighted by Gasteiger charge is 2.40. The van der Waals surface area contributed by atoms with E-state index in [0.717, 1.165) is 22.3 Å². The van der Waals surface area contributed by atoms with Crippen molar-refractivity contribution in [2.24, 2.45) is 5.73 Å². The largest absolute Gasteiger partial charge is 0.480 e. The number of aliphatic carboxylic acids is 1. The van der Waals surface area contributed by atoms with Gasteiger partial charge in [0, 0.05) is 24.6 Å². The number of carbonyl (C=O) groups excluding carboxylic acids is 2. The highest BCUT2D eigenvalue weighted by atomic mass is 16.4. The summed E-state index contributed by atoms with van der Waals surface area (Å²) in [7, 11) is 0. The second-order valence-electron chi connectivity index (χ2n) is 10.0. The molecule has 2 amide bonds. The minimum Gasteiger partial charge on any atom is -0.480 e. The highest BCUT2D eigenvalue weighted by Crippen LogP contribution is 2.31. The van der Waals surface area contributed by atoms with E-state index in [1.54, 1.807) is 11.0 Å². The van der Waals surface area contributed by atoms with E-state index in [2.05, 4.69) is 10.6 Å². The number of likely N-dealkylation sites (tertiary alicyclic amines) is 1. The number of amides is 2. The van der Waals surface area contributed by atoms with E-state index in [1.165, 1.54) is 0 Å². The van der Waals surface area contributed by atoms with Crippen molar-refractivity contribution < 1.29 is 19.5 Å². The Kier molecular flexibility index (Phi) is 9.29. The topological polar surface area (TPSA) is 149 Å². The first-order valence-electron chi connectivity index (χ1n) is 13.3. The summed E-state index contributed by atoms with van der Waals surface area (Å²) in [6.45, 7) is 2.14. The first-order chi connectivity index (χ1) is 19.3. The minimum absolute atomic E-state index is 0.0106. The van der Waals surface area contributed by atoms with Crippen LogP contribution in [0, 0.1) is 12.3 Å². The standard InChI is InChI=1S/C31H35N5O4/c1-20-17-21(14-15-24(20)29(32)33)18-35-30(39)25-13-8-16-36(25)31(40)28(34-19-26(37)38)27(22-9-4-2-5-10-22)23-11-6-3-7-12-23/h2-7,9-12,14-15,17,25,27-28,34H,8,13,16,18-19H2,1H3,(H3,32,33)(H,35,39)(H,37,38)/t25-,28?/m0/s1. The summed E-state index contributed by atoms with van der Waals surface area (Å²) >= 11 is 0. The van der Waals surface area contributed by atoms with E-state index < -0.39 is 30.5 Å². The maximum Gasteiger partial charge on any atom is 0.317 e. The summed E-state index contributed by atoms with van der Waals surface area (Å²) in [6, 6.07) is 22.9. The number of hydrogen-bond donors (Lipinski definition) is 5. The number of nitrogens with two attached hydrogens (primary N) is 1. The van der Waals surface area contributed by atoms with Gasteiger partial charge in [-0.15, -0.1) is 0 Å². The monoisotopic (exact) mass is 541 g/mol. The molecule has 9 heteroatoms. The number of nitrogens with one attached hydrogen (secondary N) is 3. The molecule has 3 aromatic carbocycles. The Bertz CT molecular complexity index is 1320. The molecule has 208 valence electrons. The fraction of sp³-hybridized carbons (Fsp3) is 0.290. The molecule has 1 fully saturated rings. The van der Waals surface area contributed by atoms with Gasteiger partial charge < -0.3 is 21.1 Å². The molecule has 9 nitrogen and oxygen atoms in total. The molecule has 2 atom stereocenters. The molecule has 3 aromatic rings. The average Bonchev–Trinajstić information content (AvgIpc) is 3.44. The van der Waals surface area contributed by atoms with Crippen LogP contribution in [0.25, 0.3) is 0 Å². The van der Waals surface area contributed by atoms with Crippen LogP contribution >= 0.6 is 0 Å². The molecule has 0 bridgehead atoms. The summed E-state index contributed by atoms with van der Waals surface area (Å²) < 4.78 is 0. The van der Waals surface area contributed by atoms with Crippen molar-refractivity contribution in [3.05, 3.63) is 107 Å². The fourth-order valence-corrected chi connectivity index (χ4v) is 5.37. The fourth-order valence-electron chi connectivity index (χ4n) is 5.37. The van der Waals surface area contributed by atoms with Crippen molar-refractivity contribution in [2.45, 2.75) is 44.3 Å². The van der Waals surface area contributed by atoms with Gasteiger partial charge in [-0.1, -0.05) is 78.9 Å². The summed E-state index contributed by atoms with van der Waals surface area (Å²) in [5.74, 6) is -2.10. The zero-order valence-corrected chi connectivity index (χ0v) is 22.5. The van der Waals surface area contributed by atoms with Gasteiger partial charge in [0.15, 0.2) is 0 Å². The number of carboxylic acid groups (broad SMARTS) is 1. The molecular weight excluding hydrogens is 506 g/mol. The number of amidine groups is 1. The van der Waals surface area contributed by atoms with Gasteiger partial charge >= 0.3 is 5.97 Å². The molecular formula is C31H35N5O4.